The van der Waals surface area contributed by atoms with Crippen LogP contribution >= 0.6 is 15.9 Å². The monoisotopic (exact) mass is 314 g/mol. The lowest BCUT2D eigenvalue weighted by molar-refractivity contribution is 0.878. The molecule has 0 fully saturated rings. The Labute approximate surface area is 122 Å². The number of nitriles is 1. The van der Waals surface area contributed by atoms with Gasteiger partial charge in [0.15, 0.2) is 0 Å². The molecule has 1 N–H and O–H groups in total. The zero-order chi connectivity index (χ0) is 13.7. The molecular formula is C16H15BrN2. The predicted octanol–water partition coefficient (Wildman–Crippen LogP) is 4.69. The molecule has 2 rings (SSSR count). The summed E-state index contributed by atoms with van der Waals surface area (Å²) in [6.07, 6.45) is 0.458. The summed E-state index contributed by atoms with van der Waals surface area (Å²) in [5.41, 5.74) is 3.33. The van der Waals surface area contributed by atoms with E-state index in [1.165, 1.54) is 5.56 Å². The molecule has 0 aliphatic carbocycles. The minimum absolute atomic E-state index is 0.220. The van der Waals surface area contributed by atoms with Gasteiger partial charge in [-0.25, -0.2) is 0 Å². The van der Waals surface area contributed by atoms with E-state index < -0.39 is 0 Å². The Morgan fingerprint density at radius 3 is 2.47 bits per heavy atom. The number of halogens is 1. The Bertz CT molecular complexity index is 584. The third kappa shape index (κ3) is 3.59. The van der Waals surface area contributed by atoms with Crippen LogP contribution in [-0.2, 0) is 6.42 Å². The van der Waals surface area contributed by atoms with E-state index in [0.717, 1.165) is 15.7 Å². The fourth-order valence-corrected chi connectivity index (χ4v) is 2.59. The SMILES string of the molecule is CC(Nc1ccc(CC#N)cc1)c1ccccc1Br. The van der Waals surface area contributed by atoms with Gasteiger partial charge in [-0.2, -0.15) is 5.26 Å². The summed E-state index contributed by atoms with van der Waals surface area (Å²) in [7, 11) is 0. The highest BCUT2D eigenvalue weighted by atomic mass is 79.9. The van der Waals surface area contributed by atoms with Crippen LogP contribution in [0.15, 0.2) is 53.0 Å². The van der Waals surface area contributed by atoms with Crippen molar-refractivity contribution in [1.29, 1.82) is 5.26 Å². The van der Waals surface area contributed by atoms with Crippen molar-refractivity contribution >= 4 is 21.6 Å². The number of hydrogen-bond acceptors (Lipinski definition) is 2. The van der Waals surface area contributed by atoms with E-state index in [9.17, 15) is 0 Å². The lowest BCUT2D eigenvalue weighted by Crippen LogP contribution is -2.07. The van der Waals surface area contributed by atoms with Crippen LogP contribution in [0, 0.1) is 11.3 Å². The second-order valence-corrected chi connectivity index (χ2v) is 5.27. The van der Waals surface area contributed by atoms with E-state index in [4.69, 9.17) is 5.26 Å². The maximum atomic E-state index is 8.64. The molecule has 0 aliphatic rings. The van der Waals surface area contributed by atoms with E-state index in [1.807, 2.05) is 42.5 Å². The van der Waals surface area contributed by atoms with Gasteiger partial charge in [-0.15, -0.1) is 0 Å². The van der Waals surface area contributed by atoms with Gasteiger partial charge >= 0.3 is 0 Å². The smallest absolute Gasteiger partial charge is 0.0669 e. The first-order valence-corrected chi connectivity index (χ1v) is 6.97. The number of hydrogen-bond donors (Lipinski definition) is 1. The molecule has 96 valence electrons. The van der Waals surface area contributed by atoms with Crippen molar-refractivity contribution in [3.05, 3.63) is 64.1 Å². The van der Waals surface area contributed by atoms with E-state index in [0.29, 0.717) is 6.42 Å². The molecule has 0 spiro atoms. The molecule has 2 aromatic rings. The molecule has 3 heteroatoms. The average Bonchev–Trinajstić information content (AvgIpc) is 2.42. The van der Waals surface area contributed by atoms with Gasteiger partial charge in [-0.1, -0.05) is 46.3 Å². The third-order valence-corrected chi connectivity index (χ3v) is 3.71. The van der Waals surface area contributed by atoms with E-state index in [-0.39, 0.29) is 6.04 Å². The molecule has 0 bridgehead atoms. The maximum absolute atomic E-state index is 8.64. The normalized spacial score (nSPS) is 11.6. The van der Waals surface area contributed by atoms with Crippen molar-refractivity contribution < 1.29 is 0 Å². The van der Waals surface area contributed by atoms with Gasteiger partial charge < -0.3 is 5.32 Å². The third-order valence-electron chi connectivity index (χ3n) is 2.99. The molecule has 0 aliphatic heterocycles. The molecule has 1 atom stereocenters. The molecule has 0 saturated heterocycles. The first-order chi connectivity index (χ1) is 9.20. The molecule has 2 nitrogen and oxygen atoms in total. The fraction of sp³-hybridized carbons (Fsp3) is 0.188. The Morgan fingerprint density at radius 2 is 1.84 bits per heavy atom. The van der Waals surface area contributed by atoms with Crippen molar-refractivity contribution in [2.75, 3.05) is 5.32 Å². The van der Waals surface area contributed by atoms with E-state index >= 15 is 0 Å². The second-order valence-electron chi connectivity index (χ2n) is 4.42. The molecule has 0 saturated carbocycles. The fourth-order valence-electron chi connectivity index (χ4n) is 1.96. The summed E-state index contributed by atoms with van der Waals surface area (Å²) in [5.74, 6) is 0. The highest BCUT2D eigenvalue weighted by Crippen LogP contribution is 2.26. The van der Waals surface area contributed by atoms with Crippen LogP contribution in [0.1, 0.15) is 24.1 Å². The zero-order valence-electron chi connectivity index (χ0n) is 10.7. The summed E-state index contributed by atoms with van der Waals surface area (Å²) >= 11 is 3.57. The van der Waals surface area contributed by atoms with Gasteiger partial charge in [0, 0.05) is 16.2 Å². The summed E-state index contributed by atoms with van der Waals surface area (Å²) < 4.78 is 1.11. The van der Waals surface area contributed by atoms with Crippen LogP contribution < -0.4 is 5.32 Å². The van der Waals surface area contributed by atoms with Gasteiger partial charge in [0.1, 0.15) is 0 Å². The Morgan fingerprint density at radius 1 is 1.16 bits per heavy atom. The maximum Gasteiger partial charge on any atom is 0.0669 e. The highest BCUT2D eigenvalue weighted by molar-refractivity contribution is 9.10. The Kier molecular flexibility index (Phi) is 4.59. The van der Waals surface area contributed by atoms with Crippen molar-refractivity contribution in [2.45, 2.75) is 19.4 Å². The number of benzene rings is 2. The quantitative estimate of drug-likeness (QED) is 0.888. The van der Waals surface area contributed by atoms with Gasteiger partial charge in [-0.3, -0.25) is 0 Å². The van der Waals surface area contributed by atoms with E-state index in [1.54, 1.807) is 0 Å². The van der Waals surface area contributed by atoms with Crippen LogP contribution in [-0.4, -0.2) is 0 Å². The molecule has 0 amide bonds. The van der Waals surface area contributed by atoms with Gasteiger partial charge in [0.25, 0.3) is 0 Å². The molecular weight excluding hydrogens is 300 g/mol. The van der Waals surface area contributed by atoms with Crippen LogP contribution in [0.25, 0.3) is 0 Å². The average molecular weight is 315 g/mol. The minimum atomic E-state index is 0.220. The summed E-state index contributed by atoms with van der Waals surface area (Å²) in [5, 5.41) is 12.1. The van der Waals surface area contributed by atoms with Gasteiger partial charge in [0.05, 0.1) is 12.5 Å². The Hall–Kier alpha value is -1.79. The zero-order valence-corrected chi connectivity index (χ0v) is 12.3. The van der Waals surface area contributed by atoms with Gasteiger partial charge in [-0.05, 0) is 36.2 Å². The lowest BCUT2D eigenvalue weighted by atomic mass is 10.1. The topological polar surface area (TPSA) is 35.8 Å². The van der Waals surface area contributed by atoms with E-state index in [2.05, 4.69) is 40.3 Å². The summed E-state index contributed by atoms with van der Waals surface area (Å²) in [6.45, 7) is 2.13. The molecule has 0 radical (unpaired) electrons. The van der Waals surface area contributed by atoms with Crippen molar-refractivity contribution in [1.82, 2.24) is 0 Å². The highest BCUT2D eigenvalue weighted by Gasteiger charge is 2.08. The lowest BCUT2D eigenvalue weighted by Gasteiger charge is -2.17. The second kappa shape index (κ2) is 6.40. The standard InChI is InChI=1S/C16H15BrN2/c1-12(15-4-2-3-5-16(15)17)19-14-8-6-13(7-9-14)10-11-18/h2-9,12,19H,10H2,1H3. The van der Waals surface area contributed by atoms with Crippen LogP contribution in [0.5, 0.6) is 0 Å². The molecule has 2 aromatic carbocycles. The van der Waals surface area contributed by atoms with Crippen molar-refractivity contribution in [2.24, 2.45) is 0 Å². The number of anilines is 1. The number of rotatable bonds is 4. The number of nitrogens with zero attached hydrogens (tertiary/aromatic N) is 1. The number of nitrogens with one attached hydrogen (secondary N) is 1. The van der Waals surface area contributed by atoms with Gasteiger partial charge in [0.2, 0.25) is 0 Å². The summed E-state index contributed by atoms with van der Waals surface area (Å²) in [4.78, 5) is 0. The summed E-state index contributed by atoms with van der Waals surface area (Å²) in [6, 6.07) is 18.6. The van der Waals surface area contributed by atoms with Crippen LogP contribution in [0.3, 0.4) is 0 Å². The minimum Gasteiger partial charge on any atom is -0.378 e. The van der Waals surface area contributed by atoms with Crippen molar-refractivity contribution in [3.8, 4) is 6.07 Å². The largest absolute Gasteiger partial charge is 0.378 e. The molecule has 19 heavy (non-hydrogen) atoms. The van der Waals surface area contributed by atoms with Crippen LogP contribution in [0.2, 0.25) is 0 Å². The first kappa shape index (κ1) is 13.6. The first-order valence-electron chi connectivity index (χ1n) is 6.17. The van der Waals surface area contributed by atoms with Crippen molar-refractivity contribution in [3.63, 3.8) is 0 Å². The molecule has 0 heterocycles. The molecule has 0 aromatic heterocycles. The molecule has 1 unspecified atom stereocenters. The Balaban J connectivity index is 2.09. The van der Waals surface area contributed by atoms with Crippen LogP contribution in [0.4, 0.5) is 5.69 Å². The predicted molar refractivity (Wildman–Crippen MR) is 81.9 cm³/mol.